The molecule has 19 heavy (non-hydrogen) atoms. The number of hydrogen-bond donors (Lipinski definition) is 3. The molecule has 0 saturated carbocycles. The van der Waals surface area contributed by atoms with E-state index in [2.05, 4.69) is 5.32 Å². The Balaban J connectivity index is 2.96. The molecular formula is C11H19NO5P2. The van der Waals surface area contributed by atoms with Crippen LogP contribution in [0.1, 0.15) is 11.3 Å². The molecule has 1 atom stereocenters. The molecule has 0 amide bonds. The highest BCUT2D eigenvalue weighted by Gasteiger charge is 2.31. The third kappa shape index (κ3) is 5.47. The molecule has 0 aliphatic carbocycles. The minimum absolute atomic E-state index is 0.0643. The number of benzene rings is 1. The lowest BCUT2D eigenvalue weighted by Gasteiger charge is -2.21. The lowest BCUT2D eigenvalue weighted by atomic mass is 10.2. The van der Waals surface area contributed by atoms with Crippen LogP contribution in [0.25, 0.3) is 0 Å². The lowest BCUT2D eigenvalue weighted by molar-refractivity contribution is 0.350. The largest absolute Gasteiger partial charge is 0.497 e. The molecule has 0 bridgehead atoms. The molecule has 0 aliphatic rings. The van der Waals surface area contributed by atoms with Gasteiger partial charge in [0.2, 0.25) is 0 Å². The van der Waals surface area contributed by atoms with Gasteiger partial charge in [0.1, 0.15) is 11.5 Å². The molecule has 0 fully saturated rings. The summed E-state index contributed by atoms with van der Waals surface area (Å²) in [6.45, 7) is 3.12. The van der Waals surface area contributed by atoms with Crippen molar-refractivity contribution in [3.63, 3.8) is 0 Å². The Morgan fingerprint density at radius 1 is 1.21 bits per heavy atom. The van der Waals surface area contributed by atoms with Gasteiger partial charge in [-0.1, -0.05) is 12.1 Å². The quantitative estimate of drug-likeness (QED) is 0.696. The van der Waals surface area contributed by atoms with Crippen LogP contribution in [-0.4, -0.2) is 36.5 Å². The van der Waals surface area contributed by atoms with Crippen LogP contribution in [-0.2, 0) is 9.13 Å². The van der Waals surface area contributed by atoms with Crippen molar-refractivity contribution < 1.29 is 23.7 Å². The van der Waals surface area contributed by atoms with Crippen LogP contribution in [0.2, 0.25) is 0 Å². The molecule has 0 heterocycles. The highest BCUT2D eigenvalue weighted by atomic mass is 31.2. The van der Waals surface area contributed by atoms with Gasteiger partial charge in [-0.2, -0.15) is 0 Å². The molecule has 0 aromatic heterocycles. The van der Waals surface area contributed by atoms with Crippen LogP contribution in [0.15, 0.2) is 24.3 Å². The Hall–Kier alpha value is -0.640. The van der Waals surface area contributed by atoms with Gasteiger partial charge in [0, 0.05) is 6.29 Å². The van der Waals surface area contributed by atoms with Gasteiger partial charge in [0.15, 0.2) is 0 Å². The molecule has 0 saturated heterocycles. The average molecular weight is 307 g/mol. The van der Waals surface area contributed by atoms with Gasteiger partial charge in [-0.15, -0.1) is 0 Å². The van der Waals surface area contributed by atoms with E-state index in [1.54, 1.807) is 37.6 Å². The molecular weight excluding hydrogens is 288 g/mol. The Kier molecular flexibility index (Phi) is 5.36. The summed E-state index contributed by atoms with van der Waals surface area (Å²) >= 11 is 0. The van der Waals surface area contributed by atoms with E-state index in [1.165, 1.54) is 7.11 Å². The maximum absolute atomic E-state index is 11.6. The van der Waals surface area contributed by atoms with E-state index in [9.17, 15) is 18.9 Å². The second kappa shape index (κ2) is 6.21. The van der Waals surface area contributed by atoms with Crippen LogP contribution >= 0.6 is 14.7 Å². The SMILES string of the molecule is COc1ccc(C(NCP(C)(C)=O)P(=O)(O)O)cc1. The molecule has 8 heteroatoms. The summed E-state index contributed by atoms with van der Waals surface area (Å²) < 4.78 is 28.1. The molecule has 0 radical (unpaired) electrons. The highest BCUT2D eigenvalue weighted by Crippen LogP contribution is 2.51. The molecule has 0 spiro atoms. The number of hydrogen-bond acceptors (Lipinski definition) is 4. The van der Waals surface area contributed by atoms with E-state index < -0.39 is 20.5 Å². The van der Waals surface area contributed by atoms with E-state index in [4.69, 9.17) is 4.74 Å². The van der Waals surface area contributed by atoms with Crippen LogP contribution in [0.4, 0.5) is 0 Å². The summed E-state index contributed by atoms with van der Waals surface area (Å²) in [6.07, 6.45) is 0.0643. The first-order valence-corrected chi connectivity index (χ1v) is 10.1. The number of nitrogens with one attached hydrogen (secondary N) is 1. The van der Waals surface area contributed by atoms with Crippen molar-refractivity contribution in [2.45, 2.75) is 5.78 Å². The number of rotatable bonds is 6. The molecule has 1 aromatic carbocycles. The van der Waals surface area contributed by atoms with E-state index in [-0.39, 0.29) is 6.29 Å². The second-order valence-corrected chi connectivity index (χ2v) is 9.86. The summed E-state index contributed by atoms with van der Waals surface area (Å²) in [4.78, 5) is 18.8. The fraction of sp³-hybridized carbons (Fsp3) is 0.455. The average Bonchev–Trinajstić information content (AvgIpc) is 2.26. The standard InChI is InChI=1S/C11H19NO5P2/c1-17-10-6-4-9(5-7-10)11(19(14,15)16)12-8-18(2,3)13/h4-7,11-12H,8H2,1-3H3,(H2,14,15,16). The molecule has 1 unspecified atom stereocenters. The van der Waals surface area contributed by atoms with E-state index in [0.29, 0.717) is 11.3 Å². The van der Waals surface area contributed by atoms with Crippen LogP contribution < -0.4 is 10.1 Å². The smallest absolute Gasteiger partial charge is 0.346 e. The van der Waals surface area contributed by atoms with Gasteiger partial charge in [-0.3, -0.25) is 9.88 Å². The molecule has 1 rings (SSSR count). The summed E-state index contributed by atoms with van der Waals surface area (Å²) in [6, 6.07) is 6.39. The van der Waals surface area contributed by atoms with Crippen molar-refractivity contribution in [2.24, 2.45) is 0 Å². The molecule has 0 aliphatic heterocycles. The van der Waals surface area contributed by atoms with Gasteiger partial charge in [0.05, 0.1) is 14.3 Å². The zero-order valence-corrected chi connectivity index (χ0v) is 12.9. The fourth-order valence-electron chi connectivity index (χ4n) is 1.52. The van der Waals surface area contributed by atoms with Crippen molar-refractivity contribution in [3.8, 4) is 5.75 Å². The number of methoxy groups -OCH3 is 1. The van der Waals surface area contributed by atoms with E-state index >= 15 is 0 Å². The van der Waals surface area contributed by atoms with Crippen molar-refractivity contribution >= 4 is 14.7 Å². The predicted octanol–water partition coefficient (Wildman–Crippen LogP) is 2.04. The summed E-state index contributed by atoms with van der Waals surface area (Å²) in [5.74, 6) is -0.559. The fourth-order valence-corrected chi connectivity index (χ4v) is 3.18. The van der Waals surface area contributed by atoms with E-state index in [0.717, 1.165) is 0 Å². The van der Waals surface area contributed by atoms with Crippen molar-refractivity contribution in [2.75, 3.05) is 26.7 Å². The first kappa shape index (κ1) is 16.4. The zero-order chi connectivity index (χ0) is 14.7. The van der Waals surface area contributed by atoms with Gasteiger partial charge in [-0.25, -0.2) is 0 Å². The van der Waals surface area contributed by atoms with Gasteiger partial charge >= 0.3 is 7.60 Å². The Bertz CT molecular complexity index is 504. The van der Waals surface area contributed by atoms with Gasteiger partial charge < -0.3 is 19.1 Å². The molecule has 6 nitrogen and oxygen atoms in total. The third-order valence-corrected chi connectivity index (χ3v) is 4.53. The Morgan fingerprint density at radius 2 is 1.74 bits per heavy atom. The zero-order valence-electron chi connectivity index (χ0n) is 11.1. The highest BCUT2D eigenvalue weighted by molar-refractivity contribution is 7.62. The second-order valence-electron chi connectivity index (χ2n) is 4.70. The summed E-state index contributed by atoms with van der Waals surface area (Å²) in [7, 11) is -5.27. The normalized spacial score (nSPS) is 14.2. The van der Waals surface area contributed by atoms with Crippen molar-refractivity contribution in [1.82, 2.24) is 5.32 Å². The maximum atomic E-state index is 11.6. The van der Waals surface area contributed by atoms with Crippen molar-refractivity contribution in [1.29, 1.82) is 0 Å². The topological polar surface area (TPSA) is 95.9 Å². The third-order valence-electron chi connectivity index (χ3n) is 2.43. The number of ether oxygens (including phenoxy) is 1. The lowest BCUT2D eigenvalue weighted by Crippen LogP contribution is -2.22. The Morgan fingerprint density at radius 3 is 2.11 bits per heavy atom. The van der Waals surface area contributed by atoms with Crippen LogP contribution in [0.3, 0.4) is 0 Å². The maximum Gasteiger partial charge on any atom is 0.346 e. The Labute approximate surface area is 112 Å². The summed E-state index contributed by atoms with van der Waals surface area (Å²) in [5, 5.41) is 2.69. The molecule has 108 valence electrons. The van der Waals surface area contributed by atoms with E-state index in [1.807, 2.05) is 0 Å². The molecule has 1 aromatic rings. The molecule has 3 N–H and O–H groups in total. The summed E-state index contributed by atoms with van der Waals surface area (Å²) in [5.41, 5.74) is 0.433. The first-order chi connectivity index (χ1) is 8.63. The van der Waals surface area contributed by atoms with Crippen LogP contribution in [0, 0.1) is 0 Å². The minimum Gasteiger partial charge on any atom is -0.497 e. The first-order valence-electron chi connectivity index (χ1n) is 5.60. The monoisotopic (exact) mass is 307 g/mol. The van der Waals surface area contributed by atoms with Crippen LogP contribution in [0.5, 0.6) is 5.75 Å². The van der Waals surface area contributed by atoms with Crippen molar-refractivity contribution in [3.05, 3.63) is 29.8 Å². The minimum atomic E-state index is -4.38. The van der Waals surface area contributed by atoms with Gasteiger partial charge in [-0.05, 0) is 31.0 Å². The van der Waals surface area contributed by atoms with Gasteiger partial charge in [0.25, 0.3) is 0 Å². The predicted molar refractivity (Wildman–Crippen MR) is 75.2 cm³/mol.